The average molecular weight is 426 g/mol. The summed E-state index contributed by atoms with van der Waals surface area (Å²) in [7, 11) is 1.52. The van der Waals surface area contributed by atoms with Crippen LogP contribution < -0.4 is 10.1 Å². The molecule has 0 fully saturated rings. The number of aliphatic hydroxyl groups excluding tert-OH is 1. The monoisotopic (exact) mass is 425 g/mol. The summed E-state index contributed by atoms with van der Waals surface area (Å²) >= 11 is 8.18. The summed E-state index contributed by atoms with van der Waals surface area (Å²) in [6, 6.07) is 3.20. The van der Waals surface area contributed by atoms with Crippen LogP contribution in [0.1, 0.15) is 37.6 Å². The van der Waals surface area contributed by atoms with Crippen molar-refractivity contribution in [2.75, 3.05) is 13.7 Å². The highest BCUT2D eigenvalue weighted by Crippen LogP contribution is 2.29. The van der Waals surface area contributed by atoms with Gasteiger partial charge < -0.3 is 15.2 Å². The molecule has 0 aliphatic carbocycles. The number of carbonyl (C=O) groups is 1. The molecule has 1 unspecified atom stereocenters. The molecule has 1 aromatic rings. The molecule has 1 atom stereocenters. The van der Waals surface area contributed by atoms with Gasteiger partial charge in [-0.05, 0) is 46.6 Å². The van der Waals surface area contributed by atoms with Crippen LogP contribution in [0.2, 0.25) is 5.02 Å². The van der Waals surface area contributed by atoms with Gasteiger partial charge in [0, 0.05) is 16.2 Å². The molecular weight excluding hydrogens is 405 g/mol. The molecular formula is C15H21ClINO3. The van der Waals surface area contributed by atoms with Gasteiger partial charge in [-0.2, -0.15) is 0 Å². The maximum atomic E-state index is 12.5. The largest absolute Gasteiger partial charge is 0.496 e. The van der Waals surface area contributed by atoms with Gasteiger partial charge in [-0.15, -0.1) is 0 Å². The van der Waals surface area contributed by atoms with Gasteiger partial charge in [0.15, 0.2) is 0 Å². The molecule has 0 saturated heterocycles. The Labute approximate surface area is 144 Å². The molecule has 0 aromatic heterocycles. The predicted octanol–water partition coefficient (Wildman–Crippen LogP) is 3.48. The Bertz CT molecular complexity index is 514. The lowest BCUT2D eigenvalue weighted by Crippen LogP contribution is -2.44. The van der Waals surface area contributed by atoms with E-state index in [0.29, 0.717) is 22.8 Å². The van der Waals surface area contributed by atoms with E-state index >= 15 is 0 Å². The van der Waals surface area contributed by atoms with Crippen LogP contribution in [-0.2, 0) is 0 Å². The fourth-order valence-electron chi connectivity index (χ4n) is 1.96. The number of methoxy groups -OCH3 is 1. The summed E-state index contributed by atoms with van der Waals surface area (Å²) in [5.74, 6) is 0.233. The second-order valence-electron chi connectivity index (χ2n) is 5.87. The zero-order chi connectivity index (χ0) is 16.2. The quantitative estimate of drug-likeness (QED) is 0.710. The summed E-state index contributed by atoms with van der Waals surface area (Å²) in [5.41, 5.74) is 0.244. The van der Waals surface area contributed by atoms with Crippen LogP contribution in [0.4, 0.5) is 0 Å². The summed E-state index contributed by atoms with van der Waals surface area (Å²) in [6.07, 6.45) is 0.496. The van der Waals surface area contributed by atoms with E-state index in [0.717, 1.165) is 3.57 Å². The van der Waals surface area contributed by atoms with Crippen molar-refractivity contribution < 1.29 is 14.6 Å². The molecule has 21 heavy (non-hydrogen) atoms. The molecule has 1 rings (SSSR count). The molecule has 6 heteroatoms. The smallest absolute Gasteiger partial charge is 0.255 e. The number of ether oxygens (including phenoxy) is 1. The predicted molar refractivity (Wildman–Crippen MR) is 93.1 cm³/mol. The van der Waals surface area contributed by atoms with E-state index in [9.17, 15) is 4.79 Å². The van der Waals surface area contributed by atoms with Crippen molar-refractivity contribution in [2.24, 2.45) is 5.41 Å². The van der Waals surface area contributed by atoms with Crippen molar-refractivity contribution in [3.05, 3.63) is 26.3 Å². The number of aliphatic hydroxyl groups is 1. The Balaban J connectivity index is 3.05. The minimum Gasteiger partial charge on any atom is -0.496 e. The Kier molecular flexibility index (Phi) is 6.74. The summed E-state index contributed by atoms with van der Waals surface area (Å²) in [4.78, 5) is 12.5. The van der Waals surface area contributed by atoms with Gasteiger partial charge in [-0.1, -0.05) is 32.4 Å². The van der Waals surface area contributed by atoms with Crippen molar-refractivity contribution in [3.63, 3.8) is 0 Å². The fourth-order valence-corrected chi connectivity index (χ4v) is 2.56. The molecule has 0 aliphatic rings. The second kappa shape index (κ2) is 7.65. The third kappa shape index (κ3) is 5.00. The van der Waals surface area contributed by atoms with Crippen LogP contribution >= 0.6 is 34.2 Å². The molecule has 0 saturated carbocycles. The molecule has 1 aromatic carbocycles. The number of carbonyl (C=O) groups excluding carboxylic acids is 1. The first-order valence-electron chi connectivity index (χ1n) is 6.65. The molecule has 2 N–H and O–H groups in total. The number of halogens is 2. The average Bonchev–Trinajstić information content (AvgIpc) is 2.39. The Morgan fingerprint density at radius 3 is 2.57 bits per heavy atom. The topological polar surface area (TPSA) is 58.6 Å². The van der Waals surface area contributed by atoms with Crippen LogP contribution in [0.25, 0.3) is 0 Å². The minimum atomic E-state index is -0.251. The van der Waals surface area contributed by atoms with Crippen LogP contribution in [0.15, 0.2) is 12.1 Å². The van der Waals surface area contributed by atoms with E-state index in [4.69, 9.17) is 21.4 Å². The lowest BCUT2D eigenvalue weighted by Gasteiger charge is -2.31. The van der Waals surface area contributed by atoms with Crippen molar-refractivity contribution in [2.45, 2.75) is 33.2 Å². The number of rotatable bonds is 5. The Hall–Kier alpha value is -0.530. The molecule has 118 valence electrons. The maximum absolute atomic E-state index is 12.5. The van der Waals surface area contributed by atoms with Gasteiger partial charge in [0.1, 0.15) is 5.75 Å². The van der Waals surface area contributed by atoms with E-state index in [1.165, 1.54) is 7.11 Å². The lowest BCUT2D eigenvalue weighted by molar-refractivity contribution is 0.0882. The second-order valence-corrected chi connectivity index (χ2v) is 7.44. The van der Waals surface area contributed by atoms with Gasteiger partial charge in [0.05, 0.1) is 17.7 Å². The first-order valence-corrected chi connectivity index (χ1v) is 8.11. The first kappa shape index (κ1) is 18.5. The van der Waals surface area contributed by atoms with Crippen molar-refractivity contribution >= 4 is 40.1 Å². The Morgan fingerprint density at radius 2 is 2.10 bits per heavy atom. The standard InChI is InChI=1S/C15H21ClINO3/c1-15(2,3)13(5-6-19)18-14(20)9-7-10(16)11(17)8-12(9)21-4/h7-8,13,19H,5-6H2,1-4H3,(H,18,20). The van der Waals surface area contributed by atoms with Gasteiger partial charge in [0.25, 0.3) is 5.91 Å². The van der Waals surface area contributed by atoms with E-state index < -0.39 is 0 Å². The van der Waals surface area contributed by atoms with Crippen molar-refractivity contribution in [1.29, 1.82) is 0 Å². The van der Waals surface area contributed by atoms with Crippen LogP contribution in [-0.4, -0.2) is 30.8 Å². The highest BCUT2D eigenvalue weighted by molar-refractivity contribution is 14.1. The summed E-state index contributed by atoms with van der Waals surface area (Å²) < 4.78 is 6.08. The van der Waals surface area contributed by atoms with Gasteiger partial charge in [-0.3, -0.25) is 4.79 Å². The van der Waals surface area contributed by atoms with Crippen molar-refractivity contribution in [1.82, 2.24) is 5.32 Å². The zero-order valence-corrected chi connectivity index (χ0v) is 15.6. The van der Waals surface area contributed by atoms with Crippen molar-refractivity contribution in [3.8, 4) is 5.75 Å². The molecule has 0 radical (unpaired) electrons. The number of benzene rings is 1. The Morgan fingerprint density at radius 1 is 1.48 bits per heavy atom. The highest BCUT2D eigenvalue weighted by atomic mass is 127. The number of hydrogen-bond donors (Lipinski definition) is 2. The summed E-state index contributed by atoms with van der Waals surface area (Å²) in [5, 5.41) is 12.6. The highest BCUT2D eigenvalue weighted by Gasteiger charge is 2.27. The molecule has 0 spiro atoms. The molecule has 1 amide bonds. The van der Waals surface area contributed by atoms with E-state index in [-0.39, 0.29) is 24.0 Å². The third-order valence-electron chi connectivity index (χ3n) is 3.26. The molecule has 0 bridgehead atoms. The van der Waals surface area contributed by atoms with Gasteiger partial charge >= 0.3 is 0 Å². The fraction of sp³-hybridized carbons (Fsp3) is 0.533. The van der Waals surface area contributed by atoms with Gasteiger partial charge in [0.2, 0.25) is 0 Å². The normalized spacial score (nSPS) is 12.9. The SMILES string of the molecule is COc1cc(I)c(Cl)cc1C(=O)NC(CCO)C(C)(C)C. The number of nitrogens with one attached hydrogen (secondary N) is 1. The summed E-state index contributed by atoms with van der Waals surface area (Å²) in [6.45, 7) is 6.08. The zero-order valence-electron chi connectivity index (χ0n) is 12.7. The molecule has 4 nitrogen and oxygen atoms in total. The van der Waals surface area contributed by atoms with Crippen LogP contribution in [0.5, 0.6) is 5.75 Å². The van der Waals surface area contributed by atoms with E-state index in [1.807, 2.05) is 20.8 Å². The first-order chi connectivity index (χ1) is 9.70. The van der Waals surface area contributed by atoms with E-state index in [2.05, 4.69) is 27.9 Å². The number of hydrogen-bond acceptors (Lipinski definition) is 3. The van der Waals surface area contributed by atoms with Crippen LogP contribution in [0, 0.1) is 8.99 Å². The molecule has 0 heterocycles. The van der Waals surface area contributed by atoms with Crippen LogP contribution in [0.3, 0.4) is 0 Å². The van der Waals surface area contributed by atoms with Gasteiger partial charge in [-0.25, -0.2) is 0 Å². The maximum Gasteiger partial charge on any atom is 0.255 e. The van der Waals surface area contributed by atoms with E-state index in [1.54, 1.807) is 12.1 Å². The third-order valence-corrected chi connectivity index (χ3v) is 4.78. The minimum absolute atomic E-state index is 0.0206. The molecule has 0 aliphatic heterocycles. The number of amides is 1. The lowest BCUT2D eigenvalue weighted by atomic mass is 9.84.